The topological polar surface area (TPSA) is 29.1 Å². The fourth-order valence-electron chi connectivity index (χ4n) is 5.14. The van der Waals surface area contributed by atoms with Gasteiger partial charge in [0.1, 0.15) is 20.2 Å². The third-order valence-electron chi connectivity index (χ3n) is 7.13. The fourth-order valence-corrected chi connectivity index (χ4v) is 12.4. The van der Waals surface area contributed by atoms with Crippen LogP contribution in [0.3, 0.4) is 0 Å². The maximum atomic E-state index is 14.3. The first kappa shape index (κ1) is 29.7. The van der Waals surface area contributed by atoms with E-state index in [-0.39, 0.29) is 5.91 Å². The van der Waals surface area contributed by atoms with Gasteiger partial charge in [0.2, 0.25) is 0 Å². The molecule has 0 unspecified atom stereocenters. The molecular formula is C39H31NOPS2+. The van der Waals surface area contributed by atoms with Gasteiger partial charge in [0.05, 0.1) is 0 Å². The number of rotatable bonds is 10. The van der Waals surface area contributed by atoms with E-state index in [1.807, 2.05) is 42.5 Å². The zero-order valence-electron chi connectivity index (χ0n) is 24.0. The molecule has 1 N–H and O–H groups in total. The van der Waals surface area contributed by atoms with Crippen molar-refractivity contribution in [3.63, 3.8) is 0 Å². The van der Waals surface area contributed by atoms with Gasteiger partial charge in [0.15, 0.2) is 12.7 Å². The quantitative estimate of drug-likeness (QED) is 0.122. The van der Waals surface area contributed by atoms with Crippen molar-refractivity contribution in [3.8, 4) is 0 Å². The van der Waals surface area contributed by atoms with Crippen LogP contribution in [-0.4, -0.2) is 5.91 Å². The van der Waals surface area contributed by atoms with Crippen molar-refractivity contribution in [2.24, 2.45) is 0 Å². The lowest BCUT2D eigenvalue weighted by atomic mass is 10.2. The standard InChI is InChI=1S/C39H30NOPS2/c41-37(31-19-7-1-8-20-31)40-38(39(43-35-27-15-5-16-28-35)44-36-29-17-6-18-30-36)42(32-21-9-2-10-22-32,33-23-11-3-12-24-33)34-25-13-4-14-26-34/h1-30H/p+1. The molecule has 0 saturated heterocycles. The van der Waals surface area contributed by atoms with E-state index in [1.165, 1.54) is 15.9 Å². The normalized spacial score (nSPS) is 11.0. The highest BCUT2D eigenvalue weighted by Crippen LogP contribution is 2.65. The molecule has 6 rings (SSSR count). The molecule has 0 aromatic heterocycles. The molecule has 0 saturated carbocycles. The Labute approximate surface area is 268 Å². The molecule has 0 fully saturated rings. The summed E-state index contributed by atoms with van der Waals surface area (Å²) in [5.41, 5.74) is 1.53. The van der Waals surface area contributed by atoms with E-state index in [2.05, 4.69) is 145 Å². The number of carbonyl (C=O) groups is 1. The molecule has 6 aromatic rings. The van der Waals surface area contributed by atoms with Gasteiger partial charge in [0, 0.05) is 15.4 Å². The maximum absolute atomic E-state index is 14.3. The van der Waals surface area contributed by atoms with Crippen molar-refractivity contribution in [2.45, 2.75) is 9.79 Å². The van der Waals surface area contributed by atoms with Crippen molar-refractivity contribution in [1.82, 2.24) is 5.32 Å². The van der Waals surface area contributed by atoms with Crippen LogP contribution in [0.5, 0.6) is 0 Å². The number of amides is 1. The third-order valence-corrected chi connectivity index (χ3v) is 14.0. The van der Waals surface area contributed by atoms with Gasteiger partial charge in [-0.1, -0.05) is 133 Å². The first-order chi connectivity index (χ1) is 21.7. The molecule has 0 spiro atoms. The van der Waals surface area contributed by atoms with Crippen molar-refractivity contribution >= 4 is 52.6 Å². The fraction of sp³-hybridized carbons (Fsp3) is 0. The minimum Gasteiger partial charge on any atom is -0.291 e. The molecule has 214 valence electrons. The zero-order valence-corrected chi connectivity index (χ0v) is 26.5. The molecule has 44 heavy (non-hydrogen) atoms. The van der Waals surface area contributed by atoms with Crippen LogP contribution in [0.4, 0.5) is 0 Å². The van der Waals surface area contributed by atoms with Gasteiger partial charge in [-0.3, -0.25) is 10.1 Å². The Bertz CT molecular complexity index is 1680. The predicted molar refractivity (Wildman–Crippen MR) is 191 cm³/mol. The Morgan fingerprint density at radius 1 is 0.432 bits per heavy atom. The second kappa shape index (κ2) is 14.4. The van der Waals surface area contributed by atoms with E-state index in [9.17, 15) is 4.79 Å². The van der Waals surface area contributed by atoms with Gasteiger partial charge < -0.3 is 0 Å². The molecule has 0 bridgehead atoms. The van der Waals surface area contributed by atoms with Crippen molar-refractivity contribution in [3.05, 3.63) is 197 Å². The Balaban J connectivity index is 1.72. The highest BCUT2D eigenvalue weighted by molar-refractivity contribution is 8.23. The monoisotopic (exact) mass is 624 g/mol. The molecule has 5 heteroatoms. The number of hydrogen-bond acceptors (Lipinski definition) is 3. The molecule has 1 amide bonds. The summed E-state index contributed by atoms with van der Waals surface area (Å²) in [6.07, 6.45) is 0. The van der Waals surface area contributed by atoms with E-state index < -0.39 is 7.26 Å². The first-order valence-corrected chi connectivity index (χ1v) is 17.8. The van der Waals surface area contributed by atoms with Crippen LogP contribution in [0.25, 0.3) is 0 Å². The highest BCUT2D eigenvalue weighted by atomic mass is 32.2. The lowest BCUT2D eigenvalue weighted by molar-refractivity contribution is 0.0968. The van der Waals surface area contributed by atoms with Gasteiger partial charge in [-0.25, -0.2) is 0 Å². The van der Waals surface area contributed by atoms with Crippen LogP contribution in [0.2, 0.25) is 0 Å². The largest absolute Gasteiger partial charge is 0.291 e. The Kier molecular flexibility index (Phi) is 9.74. The molecule has 2 nitrogen and oxygen atoms in total. The second-order valence-electron chi connectivity index (χ2n) is 9.96. The lowest BCUT2D eigenvalue weighted by Gasteiger charge is -2.31. The number of carbonyl (C=O) groups excluding carboxylic acids is 1. The second-order valence-corrected chi connectivity index (χ2v) is 15.7. The molecule has 0 aliphatic carbocycles. The van der Waals surface area contributed by atoms with E-state index in [1.54, 1.807) is 23.5 Å². The summed E-state index contributed by atoms with van der Waals surface area (Å²) < 4.78 is 1.02. The molecule has 0 atom stereocenters. The van der Waals surface area contributed by atoms with E-state index in [0.717, 1.165) is 19.5 Å². The van der Waals surface area contributed by atoms with Gasteiger partial charge >= 0.3 is 0 Å². The van der Waals surface area contributed by atoms with Crippen LogP contribution in [-0.2, 0) is 0 Å². The summed E-state index contributed by atoms with van der Waals surface area (Å²) in [5.74, 6) is -0.132. The number of nitrogens with one attached hydrogen (secondary N) is 1. The number of thioether (sulfide) groups is 2. The molecule has 0 aliphatic rings. The van der Waals surface area contributed by atoms with Crippen molar-refractivity contribution in [2.75, 3.05) is 0 Å². The average molecular weight is 625 g/mol. The first-order valence-electron chi connectivity index (χ1n) is 14.4. The smallest absolute Gasteiger partial charge is 0.258 e. The van der Waals surface area contributed by atoms with Gasteiger partial charge in [-0.05, 0) is 72.8 Å². The zero-order chi connectivity index (χ0) is 30.0. The van der Waals surface area contributed by atoms with E-state index in [4.69, 9.17) is 0 Å². The summed E-state index contributed by atoms with van der Waals surface area (Å²) in [5, 5.41) is 7.06. The van der Waals surface area contributed by atoms with Crippen molar-refractivity contribution < 1.29 is 4.79 Å². The Morgan fingerprint density at radius 2 is 0.750 bits per heavy atom. The van der Waals surface area contributed by atoms with Crippen LogP contribution in [0.15, 0.2) is 201 Å². The molecule has 0 aliphatic heterocycles. The highest BCUT2D eigenvalue weighted by Gasteiger charge is 2.52. The van der Waals surface area contributed by atoms with Crippen molar-refractivity contribution in [1.29, 1.82) is 0 Å². The summed E-state index contributed by atoms with van der Waals surface area (Å²) in [4.78, 5) is 16.5. The lowest BCUT2D eigenvalue weighted by Crippen LogP contribution is -2.38. The predicted octanol–water partition coefficient (Wildman–Crippen LogP) is 9.12. The van der Waals surface area contributed by atoms with E-state index >= 15 is 0 Å². The Hall–Kier alpha value is -4.34. The maximum Gasteiger partial charge on any atom is 0.258 e. The number of hydrogen-bond donors (Lipinski definition) is 1. The molecular weight excluding hydrogens is 594 g/mol. The van der Waals surface area contributed by atoms with Crippen LogP contribution < -0.4 is 21.2 Å². The molecule has 0 radical (unpaired) electrons. The van der Waals surface area contributed by atoms with Gasteiger partial charge in [-0.15, -0.1) is 0 Å². The summed E-state index contributed by atoms with van der Waals surface area (Å²) >= 11 is 3.39. The van der Waals surface area contributed by atoms with Crippen LogP contribution >= 0.6 is 30.8 Å². The summed E-state index contributed by atoms with van der Waals surface area (Å²) in [6.45, 7) is 0. The SMILES string of the molecule is O=C(NC(=C(Sc1ccccc1)Sc1ccccc1)[P+](c1ccccc1)(c1ccccc1)c1ccccc1)c1ccccc1. The van der Waals surface area contributed by atoms with Crippen LogP contribution in [0, 0.1) is 0 Å². The summed E-state index contributed by atoms with van der Waals surface area (Å²) in [7, 11) is -2.66. The third kappa shape index (κ3) is 6.59. The minimum atomic E-state index is -2.66. The minimum absolute atomic E-state index is 0.132. The van der Waals surface area contributed by atoms with Gasteiger partial charge in [-0.2, -0.15) is 0 Å². The average Bonchev–Trinajstić information content (AvgIpc) is 3.10. The molecule has 0 heterocycles. The molecule has 6 aromatic carbocycles. The number of benzene rings is 6. The van der Waals surface area contributed by atoms with E-state index in [0.29, 0.717) is 5.56 Å². The van der Waals surface area contributed by atoms with Gasteiger partial charge in [0.25, 0.3) is 5.91 Å². The summed E-state index contributed by atoms with van der Waals surface area (Å²) in [6, 6.07) is 62.3. The Morgan fingerprint density at radius 3 is 1.11 bits per heavy atom. The van der Waals surface area contributed by atoms with Crippen LogP contribution in [0.1, 0.15) is 10.4 Å².